The van der Waals surface area contributed by atoms with Gasteiger partial charge >= 0.3 is 5.97 Å². The van der Waals surface area contributed by atoms with Gasteiger partial charge in [-0.05, 0) is 13.8 Å². The maximum absolute atomic E-state index is 12.2. The Balaban J connectivity index is 1.93. The molecule has 7 heteroatoms. The fourth-order valence-corrected chi connectivity index (χ4v) is 3.23. The summed E-state index contributed by atoms with van der Waals surface area (Å²) in [6.45, 7) is 6.92. The molecular weight excluding hydrogens is 266 g/mol. The summed E-state index contributed by atoms with van der Waals surface area (Å²) in [5, 5.41) is 12.5. The molecule has 0 aromatic rings. The molecular formula is C13H19NO6. The van der Waals surface area contributed by atoms with Crippen LogP contribution in [0.3, 0.4) is 0 Å². The highest BCUT2D eigenvalue weighted by atomic mass is 16.8. The molecule has 112 valence electrons. The van der Waals surface area contributed by atoms with Crippen LogP contribution in [0.1, 0.15) is 40.5 Å². The molecule has 0 bridgehead atoms. The van der Waals surface area contributed by atoms with Crippen LogP contribution in [0.25, 0.3) is 0 Å². The highest BCUT2D eigenvalue weighted by Gasteiger charge is 2.62. The second kappa shape index (κ2) is 3.93. The Morgan fingerprint density at radius 2 is 1.90 bits per heavy atom. The van der Waals surface area contributed by atoms with Crippen molar-refractivity contribution in [2.45, 2.75) is 69.9 Å². The highest BCUT2D eigenvalue weighted by Crippen LogP contribution is 2.46. The molecule has 3 fully saturated rings. The lowest BCUT2D eigenvalue weighted by Crippen LogP contribution is -2.52. The number of ether oxygens (including phenoxy) is 4. The molecule has 1 saturated carbocycles. The van der Waals surface area contributed by atoms with Gasteiger partial charge in [0.25, 0.3) is 0 Å². The quantitative estimate of drug-likeness (QED) is 0.408. The van der Waals surface area contributed by atoms with Gasteiger partial charge in [0, 0.05) is 26.7 Å². The smallest absolute Gasteiger partial charge is 0.341 e. The van der Waals surface area contributed by atoms with E-state index >= 15 is 0 Å². The Kier molecular flexibility index (Phi) is 2.71. The van der Waals surface area contributed by atoms with Crippen LogP contribution < -0.4 is 0 Å². The fourth-order valence-electron chi connectivity index (χ4n) is 3.23. The number of hydrogen-bond donors (Lipinski definition) is 1. The summed E-state index contributed by atoms with van der Waals surface area (Å²) in [5.41, 5.74) is -0.808. The number of carbonyl (C=O) groups excluding carboxylic acids is 1. The first-order valence-electron chi connectivity index (χ1n) is 6.66. The van der Waals surface area contributed by atoms with Gasteiger partial charge in [0.1, 0.15) is 6.10 Å². The molecule has 0 aromatic heterocycles. The largest absolute Gasteiger partial charge is 0.431 e. The summed E-state index contributed by atoms with van der Waals surface area (Å²) in [7, 11) is 0. The minimum absolute atomic E-state index is 0.145. The molecule has 2 saturated heterocycles. The van der Waals surface area contributed by atoms with Crippen molar-refractivity contribution >= 4 is 11.7 Å². The topological polar surface area (TPSA) is 86.6 Å². The van der Waals surface area contributed by atoms with Crippen molar-refractivity contribution in [1.29, 1.82) is 0 Å². The summed E-state index contributed by atoms with van der Waals surface area (Å²) in [5.74, 6) is -2.22. The number of esters is 1. The molecule has 0 amide bonds. The molecule has 1 spiro atoms. The highest BCUT2D eigenvalue weighted by molar-refractivity contribution is 5.97. The van der Waals surface area contributed by atoms with Crippen molar-refractivity contribution in [2.24, 2.45) is 5.16 Å². The van der Waals surface area contributed by atoms with Gasteiger partial charge in [-0.25, -0.2) is 4.79 Å². The lowest BCUT2D eigenvalue weighted by molar-refractivity contribution is -0.173. The van der Waals surface area contributed by atoms with Gasteiger partial charge in [0.05, 0.1) is 11.8 Å². The van der Waals surface area contributed by atoms with Crippen LogP contribution in [0.5, 0.6) is 0 Å². The molecule has 0 aromatic carbocycles. The summed E-state index contributed by atoms with van der Waals surface area (Å²) < 4.78 is 22.6. The van der Waals surface area contributed by atoms with Crippen LogP contribution in [0.15, 0.2) is 5.16 Å². The molecule has 2 aliphatic heterocycles. The van der Waals surface area contributed by atoms with Gasteiger partial charge in [-0.3, -0.25) is 0 Å². The van der Waals surface area contributed by atoms with Crippen LogP contribution in [0.4, 0.5) is 0 Å². The monoisotopic (exact) mass is 285 g/mol. The van der Waals surface area contributed by atoms with Gasteiger partial charge in [0.2, 0.25) is 5.79 Å². The van der Waals surface area contributed by atoms with E-state index in [0.717, 1.165) is 0 Å². The second-order valence-corrected chi connectivity index (χ2v) is 6.45. The first kappa shape index (κ1) is 13.8. The zero-order chi connectivity index (χ0) is 14.8. The Labute approximate surface area is 116 Å². The summed E-state index contributed by atoms with van der Waals surface area (Å²) in [6.07, 6.45) is -0.388. The molecule has 3 atom stereocenters. The van der Waals surface area contributed by atoms with Crippen molar-refractivity contribution in [1.82, 2.24) is 0 Å². The zero-order valence-corrected chi connectivity index (χ0v) is 12.0. The van der Waals surface area contributed by atoms with Crippen molar-refractivity contribution in [3.05, 3.63) is 0 Å². The molecule has 3 aliphatic rings. The standard InChI is InChI=1S/C13H19NO6/c1-11(2)17-8-6-13(5-7(14-16)9(8)18-11)10(15)19-12(3,4)20-13/h8-9,16H,5-6H2,1-4H3/b14-7+/t8-,9+,13-/m1/s1. The summed E-state index contributed by atoms with van der Waals surface area (Å²) >= 11 is 0. The number of rotatable bonds is 0. The number of hydrogen-bond acceptors (Lipinski definition) is 7. The third kappa shape index (κ3) is 2.01. The number of fused-ring (bicyclic) bond motifs is 1. The normalized spacial score (nSPS) is 43.8. The van der Waals surface area contributed by atoms with E-state index in [1.54, 1.807) is 27.7 Å². The Morgan fingerprint density at radius 1 is 1.20 bits per heavy atom. The molecule has 0 radical (unpaired) electrons. The van der Waals surface area contributed by atoms with Crippen LogP contribution in [0, 0.1) is 0 Å². The fraction of sp³-hybridized carbons (Fsp3) is 0.846. The van der Waals surface area contributed by atoms with Crippen molar-refractivity contribution in [2.75, 3.05) is 0 Å². The minimum atomic E-state index is -1.16. The first-order valence-corrected chi connectivity index (χ1v) is 6.66. The number of cyclic esters (lactones) is 1. The van der Waals surface area contributed by atoms with Crippen molar-refractivity contribution in [3.8, 4) is 0 Å². The summed E-state index contributed by atoms with van der Waals surface area (Å²) in [4.78, 5) is 12.2. The first-order chi connectivity index (χ1) is 9.16. The van der Waals surface area contributed by atoms with Crippen LogP contribution in [-0.4, -0.2) is 46.3 Å². The van der Waals surface area contributed by atoms with E-state index in [1.807, 2.05) is 0 Å². The molecule has 3 rings (SSSR count). The zero-order valence-electron chi connectivity index (χ0n) is 12.0. The predicted molar refractivity (Wildman–Crippen MR) is 66.3 cm³/mol. The number of nitrogens with zero attached hydrogens (tertiary/aromatic N) is 1. The average molecular weight is 285 g/mol. The molecule has 20 heavy (non-hydrogen) atoms. The van der Waals surface area contributed by atoms with Gasteiger partial charge < -0.3 is 24.2 Å². The van der Waals surface area contributed by atoms with Gasteiger partial charge in [-0.15, -0.1) is 0 Å². The number of oxime groups is 1. The van der Waals surface area contributed by atoms with E-state index in [1.165, 1.54) is 0 Å². The van der Waals surface area contributed by atoms with Gasteiger partial charge in [0.15, 0.2) is 11.4 Å². The van der Waals surface area contributed by atoms with Crippen LogP contribution in [0.2, 0.25) is 0 Å². The Morgan fingerprint density at radius 3 is 2.45 bits per heavy atom. The van der Waals surface area contributed by atoms with E-state index in [4.69, 9.17) is 18.9 Å². The maximum Gasteiger partial charge on any atom is 0.341 e. The van der Waals surface area contributed by atoms with Crippen LogP contribution in [-0.2, 0) is 23.7 Å². The Hall–Kier alpha value is -1.18. The van der Waals surface area contributed by atoms with E-state index in [2.05, 4.69) is 5.16 Å². The van der Waals surface area contributed by atoms with Crippen LogP contribution >= 0.6 is 0 Å². The lowest BCUT2D eigenvalue weighted by atomic mass is 9.80. The third-order valence-electron chi connectivity index (χ3n) is 3.79. The van der Waals surface area contributed by atoms with Crippen molar-refractivity contribution in [3.63, 3.8) is 0 Å². The van der Waals surface area contributed by atoms with E-state index in [0.29, 0.717) is 12.1 Å². The Bertz CT molecular complexity index is 485. The van der Waals surface area contributed by atoms with Crippen molar-refractivity contribution < 1.29 is 28.9 Å². The van der Waals surface area contributed by atoms with E-state index in [9.17, 15) is 10.0 Å². The van der Waals surface area contributed by atoms with E-state index < -0.39 is 35.4 Å². The molecule has 1 aliphatic carbocycles. The molecule has 2 heterocycles. The second-order valence-electron chi connectivity index (χ2n) is 6.45. The van der Waals surface area contributed by atoms with E-state index in [-0.39, 0.29) is 6.42 Å². The SMILES string of the molecule is CC1(C)O[C@@H]2C[C@@]3(C/C(=N\O)[C@@H]2O1)OC(C)(C)OC3=O. The predicted octanol–water partition coefficient (Wildman–Crippen LogP) is 1.18. The maximum atomic E-state index is 12.2. The third-order valence-corrected chi connectivity index (χ3v) is 3.79. The lowest BCUT2D eigenvalue weighted by Gasteiger charge is -2.35. The average Bonchev–Trinajstić information content (AvgIpc) is 2.70. The summed E-state index contributed by atoms with van der Waals surface area (Å²) in [6, 6.07) is 0. The molecule has 7 nitrogen and oxygen atoms in total. The molecule has 0 unspecified atom stereocenters. The molecule has 1 N–H and O–H groups in total. The van der Waals surface area contributed by atoms with Gasteiger partial charge in [-0.2, -0.15) is 0 Å². The minimum Gasteiger partial charge on any atom is -0.431 e. The number of carbonyl (C=O) groups is 1. The van der Waals surface area contributed by atoms with Gasteiger partial charge in [-0.1, -0.05) is 5.16 Å².